The van der Waals surface area contributed by atoms with Crippen LogP contribution in [0.15, 0.2) is 88.2 Å². The number of rotatable bonds is 8. The third kappa shape index (κ3) is 5.36. The number of benzene rings is 3. The first-order chi connectivity index (χ1) is 16.8. The highest BCUT2D eigenvalue weighted by molar-refractivity contribution is 7.92. The van der Waals surface area contributed by atoms with Crippen molar-refractivity contribution in [2.45, 2.75) is 18.4 Å². The van der Waals surface area contributed by atoms with Gasteiger partial charge in [-0.15, -0.1) is 0 Å². The minimum Gasteiger partial charge on any atom is -0.462 e. The van der Waals surface area contributed by atoms with E-state index in [1.54, 1.807) is 50.4 Å². The molecule has 3 aromatic carbocycles. The lowest BCUT2D eigenvalue weighted by molar-refractivity contribution is 0.0526. The molecule has 0 aliphatic carbocycles. The number of nitrogens with one attached hydrogen (secondary N) is 1. The molecule has 1 heterocycles. The molecule has 0 unspecified atom stereocenters. The van der Waals surface area contributed by atoms with Gasteiger partial charge in [0.25, 0.3) is 15.9 Å². The van der Waals surface area contributed by atoms with Gasteiger partial charge < -0.3 is 14.1 Å². The van der Waals surface area contributed by atoms with Gasteiger partial charge in [0.15, 0.2) is 5.76 Å². The number of sulfonamides is 1. The van der Waals surface area contributed by atoms with E-state index in [4.69, 9.17) is 9.15 Å². The lowest BCUT2D eigenvalue weighted by Crippen LogP contribution is -2.26. The van der Waals surface area contributed by atoms with Crippen molar-refractivity contribution >= 4 is 38.6 Å². The van der Waals surface area contributed by atoms with Crippen LogP contribution in [-0.2, 0) is 21.3 Å². The second kappa shape index (κ2) is 10.0. The Labute approximate surface area is 203 Å². The van der Waals surface area contributed by atoms with Gasteiger partial charge in [0.05, 0.1) is 22.8 Å². The van der Waals surface area contributed by atoms with Crippen molar-refractivity contribution in [1.29, 1.82) is 0 Å². The van der Waals surface area contributed by atoms with Crippen molar-refractivity contribution in [2.75, 3.05) is 18.4 Å². The Morgan fingerprint density at radius 1 is 0.971 bits per heavy atom. The number of ether oxygens (including phenoxy) is 1. The van der Waals surface area contributed by atoms with Crippen LogP contribution < -0.4 is 4.72 Å². The predicted molar refractivity (Wildman–Crippen MR) is 132 cm³/mol. The maximum absolute atomic E-state index is 13.1. The zero-order chi connectivity index (χ0) is 25.0. The molecule has 0 spiro atoms. The summed E-state index contributed by atoms with van der Waals surface area (Å²) in [5.74, 6) is -0.737. The highest BCUT2D eigenvalue weighted by Crippen LogP contribution is 2.24. The Morgan fingerprint density at radius 2 is 1.71 bits per heavy atom. The van der Waals surface area contributed by atoms with Gasteiger partial charge in [-0.05, 0) is 48.9 Å². The Balaban J connectivity index is 1.54. The van der Waals surface area contributed by atoms with Gasteiger partial charge in [0, 0.05) is 19.0 Å². The van der Waals surface area contributed by atoms with Crippen molar-refractivity contribution in [3.63, 3.8) is 0 Å². The van der Waals surface area contributed by atoms with Crippen molar-refractivity contribution in [3.8, 4) is 0 Å². The van der Waals surface area contributed by atoms with E-state index < -0.39 is 16.0 Å². The summed E-state index contributed by atoms with van der Waals surface area (Å²) in [6.45, 7) is 1.99. The summed E-state index contributed by atoms with van der Waals surface area (Å²) in [7, 11) is -2.40. The molecule has 1 amide bonds. The number of carbonyl (C=O) groups excluding carboxylic acids is 2. The molecule has 0 bridgehead atoms. The molecule has 9 heteroatoms. The molecule has 0 aliphatic heterocycles. The molecular weight excluding hydrogens is 468 g/mol. The zero-order valence-corrected chi connectivity index (χ0v) is 20.0. The summed E-state index contributed by atoms with van der Waals surface area (Å²) in [5, 5.41) is 0.822. The fourth-order valence-electron chi connectivity index (χ4n) is 3.57. The molecule has 1 N–H and O–H groups in total. The molecule has 180 valence electrons. The van der Waals surface area contributed by atoms with Crippen LogP contribution in [0.1, 0.15) is 33.4 Å². The quantitative estimate of drug-likeness (QED) is 0.358. The molecule has 0 aliphatic rings. The van der Waals surface area contributed by atoms with Crippen LogP contribution in [0.3, 0.4) is 0 Å². The monoisotopic (exact) mass is 492 g/mol. The number of furan rings is 1. The second-order valence-corrected chi connectivity index (χ2v) is 9.50. The van der Waals surface area contributed by atoms with Crippen LogP contribution >= 0.6 is 0 Å². The number of esters is 1. The lowest BCUT2D eigenvalue weighted by Gasteiger charge is -2.19. The smallest absolute Gasteiger partial charge is 0.338 e. The van der Waals surface area contributed by atoms with E-state index in [-0.39, 0.29) is 35.3 Å². The van der Waals surface area contributed by atoms with E-state index >= 15 is 0 Å². The van der Waals surface area contributed by atoms with Gasteiger partial charge in [-0.1, -0.05) is 42.5 Å². The summed E-state index contributed by atoms with van der Waals surface area (Å²) in [5.41, 5.74) is 1.66. The van der Waals surface area contributed by atoms with Crippen molar-refractivity contribution < 1.29 is 27.2 Å². The number of anilines is 1. The van der Waals surface area contributed by atoms with Gasteiger partial charge >= 0.3 is 5.97 Å². The second-order valence-electron chi connectivity index (χ2n) is 7.82. The molecule has 4 aromatic rings. The standard InChI is InChI=1S/C26H24N2O6S/c1-3-33-26(30)19-11-8-12-21(15-19)35(31,32)27-22-13-6-4-10-20(22)17-28(2)25(29)24-16-18-9-5-7-14-23(18)34-24/h4-16,27H,3,17H2,1-2H3. The van der Waals surface area contributed by atoms with Gasteiger partial charge in [-0.3, -0.25) is 9.52 Å². The highest BCUT2D eigenvalue weighted by atomic mass is 32.2. The average Bonchev–Trinajstić information content (AvgIpc) is 3.29. The molecular formula is C26H24N2O6S. The van der Waals surface area contributed by atoms with Crippen molar-refractivity contribution in [1.82, 2.24) is 4.90 Å². The summed E-state index contributed by atoms with van der Waals surface area (Å²) in [6, 6.07) is 21.4. The molecule has 0 saturated carbocycles. The molecule has 35 heavy (non-hydrogen) atoms. The van der Waals surface area contributed by atoms with E-state index in [1.165, 1.54) is 29.2 Å². The first-order valence-electron chi connectivity index (χ1n) is 10.9. The number of hydrogen-bond donors (Lipinski definition) is 1. The number of carbonyl (C=O) groups is 2. The number of fused-ring (bicyclic) bond motifs is 1. The minimum atomic E-state index is -4.01. The largest absolute Gasteiger partial charge is 0.462 e. The van der Waals surface area contributed by atoms with Crippen LogP contribution in [-0.4, -0.2) is 38.8 Å². The van der Waals surface area contributed by atoms with Gasteiger partial charge in [-0.25, -0.2) is 13.2 Å². The Hall–Kier alpha value is -4.11. The Bertz CT molecular complexity index is 1460. The van der Waals surface area contributed by atoms with E-state index in [2.05, 4.69) is 4.72 Å². The third-order valence-electron chi connectivity index (χ3n) is 5.31. The molecule has 8 nitrogen and oxygen atoms in total. The van der Waals surface area contributed by atoms with Crippen molar-refractivity contribution in [2.24, 2.45) is 0 Å². The van der Waals surface area contributed by atoms with Crippen LogP contribution in [0.25, 0.3) is 11.0 Å². The number of hydrogen-bond acceptors (Lipinski definition) is 6. The van der Waals surface area contributed by atoms with Gasteiger partial charge in [0.1, 0.15) is 5.58 Å². The first-order valence-corrected chi connectivity index (χ1v) is 12.4. The maximum Gasteiger partial charge on any atom is 0.338 e. The molecule has 0 fully saturated rings. The highest BCUT2D eigenvalue weighted by Gasteiger charge is 2.21. The molecule has 0 radical (unpaired) electrons. The fourth-order valence-corrected chi connectivity index (χ4v) is 4.72. The Kier molecular flexibility index (Phi) is 6.88. The summed E-state index contributed by atoms with van der Waals surface area (Å²) >= 11 is 0. The zero-order valence-electron chi connectivity index (χ0n) is 19.2. The maximum atomic E-state index is 13.1. The molecule has 4 rings (SSSR count). The molecule has 0 atom stereocenters. The fraction of sp³-hybridized carbons (Fsp3) is 0.154. The number of nitrogens with zero attached hydrogens (tertiary/aromatic N) is 1. The summed E-state index contributed by atoms with van der Waals surface area (Å²) < 4.78 is 39.3. The predicted octanol–water partition coefficient (Wildman–Crippen LogP) is 4.68. The minimum absolute atomic E-state index is 0.0791. The molecule has 0 saturated heterocycles. The van der Waals surface area contributed by atoms with Crippen LogP contribution in [0.2, 0.25) is 0 Å². The average molecular weight is 493 g/mol. The number of amides is 1. The topological polar surface area (TPSA) is 106 Å². The van der Waals surface area contributed by atoms with E-state index in [0.29, 0.717) is 16.8 Å². The van der Waals surface area contributed by atoms with E-state index in [0.717, 1.165) is 5.39 Å². The lowest BCUT2D eigenvalue weighted by atomic mass is 10.1. The normalized spacial score (nSPS) is 11.3. The van der Waals surface area contributed by atoms with Crippen LogP contribution in [0.5, 0.6) is 0 Å². The Morgan fingerprint density at radius 3 is 2.49 bits per heavy atom. The van der Waals surface area contributed by atoms with Crippen LogP contribution in [0, 0.1) is 0 Å². The third-order valence-corrected chi connectivity index (χ3v) is 6.67. The SMILES string of the molecule is CCOC(=O)c1cccc(S(=O)(=O)Nc2ccccc2CN(C)C(=O)c2cc3ccccc3o2)c1. The number of para-hydroxylation sites is 2. The summed E-state index contributed by atoms with van der Waals surface area (Å²) in [6.07, 6.45) is 0. The summed E-state index contributed by atoms with van der Waals surface area (Å²) in [4.78, 5) is 26.3. The van der Waals surface area contributed by atoms with E-state index in [1.807, 2.05) is 18.2 Å². The molecule has 1 aromatic heterocycles. The van der Waals surface area contributed by atoms with Gasteiger partial charge in [-0.2, -0.15) is 0 Å². The van der Waals surface area contributed by atoms with Crippen LogP contribution in [0.4, 0.5) is 5.69 Å². The van der Waals surface area contributed by atoms with Gasteiger partial charge in [0.2, 0.25) is 0 Å². The first kappa shape index (κ1) is 24.0. The van der Waals surface area contributed by atoms with E-state index in [9.17, 15) is 18.0 Å². The van der Waals surface area contributed by atoms with Crippen molar-refractivity contribution in [3.05, 3.63) is 95.7 Å².